The third kappa shape index (κ3) is 1.58. The van der Waals surface area contributed by atoms with Crippen LogP contribution in [0.2, 0.25) is 0 Å². The van der Waals surface area contributed by atoms with Gasteiger partial charge in [0.1, 0.15) is 24.4 Å². The zero-order valence-electron chi connectivity index (χ0n) is 6.29. The van der Waals surface area contributed by atoms with Gasteiger partial charge in [-0.05, 0) is 0 Å². The van der Waals surface area contributed by atoms with E-state index >= 15 is 0 Å². The first-order chi connectivity index (χ1) is 5.57. The Labute approximate surface area is 69.2 Å². The van der Waals surface area contributed by atoms with Gasteiger partial charge >= 0.3 is 0 Å². The van der Waals surface area contributed by atoms with Crippen LogP contribution >= 0.6 is 0 Å². The zero-order valence-corrected chi connectivity index (χ0v) is 6.29. The molecule has 0 aromatic heterocycles. The summed E-state index contributed by atoms with van der Waals surface area (Å²) in [6, 6.07) is 0. The lowest BCUT2D eigenvalue weighted by Gasteiger charge is -2.37. The van der Waals surface area contributed by atoms with E-state index in [4.69, 9.17) is 30.9 Å². The second-order valence-electron chi connectivity index (χ2n) is 2.67. The molecule has 12 heavy (non-hydrogen) atoms. The molecule has 0 aromatic carbocycles. The van der Waals surface area contributed by atoms with Crippen molar-refractivity contribution in [3.8, 4) is 0 Å². The van der Waals surface area contributed by atoms with Crippen molar-refractivity contribution < 1.29 is 25.2 Å². The maximum Gasteiger partial charge on any atom is 0.191 e. The summed E-state index contributed by atoms with van der Waals surface area (Å²) in [6.07, 6.45) is -5.38. The fourth-order valence-electron chi connectivity index (χ4n) is 1.03. The molecule has 1 saturated heterocycles. The van der Waals surface area contributed by atoms with Crippen molar-refractivity contribution in [3.05, 3.63) is 6.23 Å². The lowest BCUT2D eigenvalue weighted by Crippen LogP contribution is -2.57. The van der Waals surface area contributed by atoms with E-state index in [1.165, 1.54) is 0 Å². The molecular weight excluding hydrogens is 166 g/mol. The number of hydrogen-bond donors (Lipinski definition) is 5. The molecular formula is C6H12NO5. The van der Waals surface area contributed by atoms with Crippen LogP contribution in [0.4, 0.5) is 0 Å². The topological polar surface area (TPSA) is 116 Å². The summed E-state index contributed by atoms with van der Waals surface area (Å²) in [7, 11) is 0. The van der Waals surface area contributed by atoms with Gasteiger partial charge in [0.15, 0.2) is 6.23 Å². The number of hydrogen-bond acceptors (Lipinski definition) is 6. The van der Waals surface area contributed by atoms with Crippen molar-refractivity contribution in [2.75, 3.05) is 6.61 Å². The Bertz CT molecular complexity index is 150. The molecule has 4 atom stereocenters. The van der Waals surface area contributed by atoms with Gasteiger partial charge in [0.25, 0.3) is 0 Å². The molecule has 0 aromatic rings. The fraction of sp³-hybridized carbons (Fsp3) is 0.833. The minimum atomic E-state index is -1.41. The first-order valence-corrected chi connectivity index (χ1v) is 3.52. The van der Waals surface area contributed by atoms with Crippen molar-refractivity contribution in [3.63, 3.8) is 0 Å². The van der Waals surface area contributed by atoms with E-state index < -0.39 is 31.0 Å². The molecule has 0 saturated carbocycles. The smallest absolute Gasteiger partial charge is 0.191 e. The Morgan fingerprint density at radius 3 is 2.33 bits per heavy atom. The normalized spacial score (nSPS) is 44.8. The van der Waals surface area contributed by atoms with Crippen LogP contribution in [0.3, 0.4) is 0 Å². The summed E-state index contributed by atoms with van der Waals surface area (Å²) in [4.78, 5) is 0. The summed E-state index contributed by atoms with van der Waals surface area (Å²) >= 11 is 0. The second kappa shape index (κ2) is 3.65. The van der Waals surface area contributed by atoms with Crippen molar-refractivity contribution in [2.24, 2.45) is 5.73 Å². The first kappa shape index (κ1) is 9.85. The summed E-state index contributed by atoms with van der Waals surface area (Å²) in [6.45, 7) is -0.467. The van der Waals surface area contributed by atoms with E-state index in [0.29, 0.717) is 0 Å². The zero-order chi connectivity index (χ0) is 9.30. The van der Waals surface area contributed by atoms with Crippen LogP contribution in [-0.4, -0.2) is 51.4 Å². The van der Waals surface area contributed by atoms with Crippen LogP contribution in [0.15, 0.2) is 0 Å². The number of aliphatic hydroxyl groups is 4. The van der Waals surface area contributed by atoms with Crippen LogP contribution in [-0.2, 0) is 4.74 Å². The van der Waals surface area contributed by atoms with Crippen LogP contribution in [0.5, 0.6) is 0 Å². The molecule has 0 bridgehead atoms. The number of nitrogens with two attached hydrogens (primary N) is 1. The monoisotopic (exact) mass is 178 g/mol. The van der Waals surface area contributed by atoms with E-state index in [-0.39, 0.29) is 6.23 Å². The highest BCUT2D eigenvalue weighted by atomic mass is 16.6. The summed E-state index contributed by atoms with van der Waals surface area (Å²) in [5.41, 5.74) is 5.16. The highest BCUT2D eigenvalue weighted by molar-refractivity contribution is 4.98. The van der Waals surface area contributed by atoms with Crippen molar-refractivity contribution in [1.29, 1.82) is 0 Å². The maximum atomic E-state index is 9.16. The van der Waals surface area contributed by atoms with Gasteiger partial charge in [-0.25, -0.2) is 0 Å². The molecule has 1 radical (unpaired) electrons. The molecule has 1 aliphatic heterocycles. The fourth-order valence-corrected chi connectivity index (χ4v) is 1.03. The Morgan fingerprint density at radius 2 is 1.83 bits per heavy atom. The molecule has 6 nitrogen and oxygen atoms in total. The van der Waals surface area contributed by atoms with Gasteiger partial charge in [0, 0.05) is 0 Å². The van der Waals surface area contributed by atoms with E-state index in [1.807, 2.05) is 0 Å². The predicted octanol–water partition coefficient (Wildman–Crippen LogP) is -3.09. The van der Waals surface area contributed by atoms with Crippen LogP contribution in [0.25, 0.3) is 0 Å². The Kier molecular flexibility index (Phi) is 2.99. The quantitative estimate of drug-likeness (QED) is 0.290. The second-order valence-corrected chi connectivity index (χ2v) is 2.67. The van der Waals surface area contributed by atoms with Gasteiger partial charge in [-0.1, -0.05) is 0 Å². The lowest BCUT2D eigenvalue weighted by molar-refractivity contribution is -0.190. The SMILES string of the molecule is N[C]1O[C@H](CO)[C@@H](O)[C@H](O)[C@H]1O. The molecule has 0 spiro atoms. The number of ether oxygens (including phenoxy) is 1. The molecule has 6 heteroatoms. The average Bonchev–Trinajstić information content (AvgIpc) is 2.08. The molecule has 1 aliphatic rings. The molecule has 1 heterocycles. The van der Waals surface area contributed by atoms with E-state index in [2.05, 4.69) is 0 Å². The van der Waals surface area contributed by atoms with Crippen LogP contribution < -0.4 is 5.73 Å². The number of rotatable bonds is 1. The van der Waals surface area contributed by atoms with Crippen LogP contribution in [0, 0.1) is 6.23 Å². The summed E-state index contributed by atoms with van der Waals surface area (Å²) in [5.74, 6) is 0. The highest BCUT2D eigenvalue weighted by Crippen LogP contribution is 2.21. The minimum absolute atomic E-state index is 0.285. The minimum Gasteiger partial charge on any atom is -0.394 e. The Hall–Kier alpha value is -0.240. The average molecular weight is 178 g/mol. The summed E-state index contributed by atoms with van der Waals surface area (Å²) < 4.78 is 4.71. The largest absolute Gasteiger partial charge is 0.394 e. The predicted molar refractivity (Wildman–Crippen MR) is 37.4 cm³/mol. The molecule has 1 fully saturated rings. The van der Waals surface area contributed by atoms with Gasteiger partial charge in [0.2, 0.25) is 0 Å². The molecule has 0 unspecified atom stereocenters. The van der Waals surface area contributed by atoms with Gasteiger partial charge < -0.3 is 25.2 Å². The summed E-state index contributed by atoms with van der Waals surface area (Å²) in [5, 5.41) is 36.0. The van der Waals surface area contributed by atoms with Crippen molar-refractivity contribution in [2.45, 2.75) is 24.4 Å². The maximum absolute atomic E-state index is 9.16. The standard InChI is InChI=1S/C6H12NO5/c7-6-5(11)4(10)3(9)2(1-8)12-6/h2-5,8-11H,1,7H2/t2-,3-,4+,5-/m1/s1. The van der Waals surface area contributed by atoms with E-state index in [1.54, 1.807) is 0 Å². The third-order valence-corrected chi connectivity index (χ3v) is 1.81. The van der Waals surface area contributed by atoms with Gasteiger partial charge in [-0.3, -0.25) is 5.73 Å². The molecule has 0 aliphatic carbocycles. The van der Waals surface area contributed by atoms with E-state index in [9.17, 15) is 0 Å². The Morgan fingerprint density at radius 1 is 1.25 bits per heavy atom. The number of aliphatic hydroxyl groups excluding tert-OH is 4. The molecule has 0 amide bonds. The van der Waals surface area contributed by atoms with Gasteiger partial charge in [0.05, 0.1) is 6.61 Å². The molecule has 6 N–H and O–H groups in total. The van der Waals surface area contributed by atoms with Gasteiger partial charge in [-0.2, -0.15) is 0 Å². The van der Waals surface area contributed by atoms with Crippen molar-refractivity contribution in [1.82, 2.24) is 0 Å². The molecule has 1 rings (SSSR count). The lowest BCUT2D eigenvalue weighted by atomic mass is 9.99. The highest BCUT2D eigenvalue weighted by Gasteiger charge is 2.42. The van der Waals surface area contributed by atoms with E-state index in [0.717, 1.165) is 0 Å². The third-order valence-electron chi connectivity index (χ3n) is 1.81. The first-order valence-electron chi connectivity index (χ1n) is 3.52. The van der Waals surface area contributed by atoms with Gasteiger partial charge in [-0.15, -0.1) is 0 Å². The van der Waals surface area contributed by atoms with Crippen molar-refractivity contribution >= 4 is 0 Å². The van der Waals surface area contributed by atoms with Crippen LogP contribution in [0.1, 0.15) is 0 Å². The Balaban J connectivity index is 2.63. The molecule has 71 valence electrons.